The molecule has 382 valence electrons. The molecule has 3 heterocycles. The molecule has 2 aromatic heterocycles. The topological polar surface area (TPSA) is 226 Å². The van der Waals surface area contributed by atoms with Gasteiger partial charge in [-0.3, -0.25) is 14.4 Å². The van der Waals surface area contributed by atoms with Crippen molar-refractivity contribution in [2.24, 2.45) is 22.7 Å². The van der Waals surface area contributed by atoms with Gasteiger partial charge in [0, 0.05) is 31.1 Å². The van der Waals surface area contributed by atoms with E-state index in [0.29, 0.717) is 0 Å². The monoisotopic (exact) mass is 983 g/mol. The predicted octanol–water partition coefficient (Wildman–Crippen LogP) is 8.49. The van der Waals surface area contributed by atoms with Crippen molar-refractivity contribution in [3.8, 4) is 0 Å². The largest absolute Gasteiger partial charge is 0.467 e. The van der Waals surface area contributed by atoms with Crippen LogP contribution in [0, 0.1) is 22.7 Å². The molecular formula is C51H73NO16Si. The Morgan fingerprint density at radius 3 is 1.99 bits per heavy atom. The van der Waals surface area contributed by atoms with E-state index in [1.54, 1.807) is 60.6 Å². The molecule has 2 aromatic rings. The number of esters is 4. The number of ketones is 1. The zero-order valence-corrected chi connectivity index (χ0v) is 44.0. The average molecular weight is 984 g/mol. The third kappa shape index (κ3) is 9.23. The van der Waals surface area contributed by atoms with Crippen molar-refractivity contribution in [2.45, 2.75) is 194 Å². The van der Waals surface area contributed by atoms with Gasteiger partial charge in [-0.25, -0.2) is 14.4 Å². The molecule has 69 heavy (non-hydrogen) atoms. The number of nitrogens with one attached hydrogen (secondary N) is 1. The van der Waals surface area contributed by atoms with E-state index < -0.39 is 127 Å². The molecule has 3 fully saturated rings. The summed E-state index contributed by atoms with van der Waals surface area (Å²) in [5.41, 5.74) is -7.91. The maximum absolute atomic E-state index is 15.9. The van der Waals surface area contributed by atoms with Crippen molar-refractivity contribution < 1.29 is 75.6 Å². The molecule has 3 aliphatic carbocycles. The lowest BCUT2D eigenvalue weighted by molar-refractivity contribution is -0.340. The summed E-state index contributed by atoms with van der Waals surface area (Å²) in [5.74, 6) is -6.06. The minimum absolute atomic E-state index is 0.0607. The highest BCUT2D eigenvalue weighted by molar-refractivity contribution is 6.77. The van der Waals surface area contributed by atoms with Gasteiger partial charge in [0.1, 0.15) is 41.3 Å². The zero-order chi connectivity index (χ0) is 51.6. The van der Waals surface area contributed by atoms with Crippen LogP contribution < -0.4 is 5.32 Å². The number of carbonyl (C=O) groups excluding carboxylic acids is 6. The second kappa shape index (κ2) is 19.1. The fourth-order valence-electron chi connectivity index (χ4n) is 12.4. The summed E-state index contributed by atoms with van der Waals surface area (Å²) in [6, 6.07) is 4.77. The van der Waals surface area contributed by atoms with Crippen molar-refractivity contribution in [1.82, 2.24) is 5.32 Å². The lowest BCUT2D eigenvalue weighted by Crippen LogP contribution is -2.80. The third-order valence-electron chi connectivity index (χ3n) is 15.7. The van der Waals surface area contributed by atoms with E-state index in [9.17, 15) is 24.3 Å². The highest BCUT2D eigenvalue weighted by atomic mass is 28.4. The fourth-order valence-corrected chi connectivity index (χ4v) is 17.9. The summed E-state index contributed by atoms with van der Waals surface area (Å²) in [6.45, 7) is 27.9. The first-order chi connectivity index (χ1) is 31.9. The number of alkyl carbamates (subject to hydrolysis) is 1. The van der Waals surface area contributed by atoms with Crippen molar-refractivity contribution in [1.29, 1.82) is 0 Å². The van der Waals surface area contributed by atoms with Crippen molar-refractivity contribution in [3.63, 3.8) is 0 Å². The highest BCUT2D eigenvalue weighted by Gasteiger charge is 2.78. The van der Waals surface area contributed by atoms with Crippen LogP contribution in [-0.2, 0) is 52.0 Å². The van der Waals surface area contributed by atoms with Crippen LogP contribution >= 0.6 is 0 Å². The Balaban J connectivity index is 1.61. The van der Waals surface area contributed by atoms with E-state index in [-0.39, 0.29) is 52.3 Å². The Morgan fingerprint density at radius 2 is 1.49 bits per heavy atom. The first-order valence-corrected chi connectivity index (χ1v) is 26.2. The average Bonchev–Trinajstić information content (AvgIpc) is 3.97. The SMILES string of the molecule is CC(=O)O[C@H]1C(=O)[C@@]2(C)[C@H]([C@H](OC(=O)c3ccco3)[C@]3(O)C[C@H](OC(=O)[C@H](O[Si](C(C)C)(C(C)C)C(C)C)[C@@H](NC(=O)OC(C)(C)C)c4ccco4)C(C)=C1C3(C)C)[C@]1(OC(C)=O)CO[C@@H]1C[C@@H]2C. The number of furan rings is 2. The second-order valence-corrected chi connectivity index (χ2v) is 27.6. The number of fused-ring (bicyclic) bond motifs is 5. The van der Waals surface area contributed by atoms with Crippen LogP contribution in [0.1, 0.15) is 146 Å². The number of rotatable bonds is 14. The summed E-state index contributed by atoms with van der Waals surface area (Å²) in [7, 11) is -3.06. The van der Waals surface area contributed by atoms with Gasteiger partial charge in [0.25, 0.3) is 0 Å². The van der Waals surface area contributed by atoms with E-state index in [2.05, 4.69) is 5.32 Å². The van der Waals surface area contributed by atoms with E-state index in [1.807, 2.05) is 48.5 Å². The molecule has 18 heteroatoms. The second-order valence-electron chi connectivity index (χ2n) is 22.2. The number of Topliss-reactive ketones (excluding diaryl/α,β-unsaturated/α-hetero) is 1. The van der Waals surface area contributed by atoms with Crippen molar-refractivity contribution in [3.05, 3.63) is 59.5 Å². The summed E-state index contributed by atoms with van der Waals surface area (Å²) in [4.78, 5) is 86.0. The Hall–Kier alpha value is -4.78. The molecule has 2 N–H and O–H groups in total. The molecule has 17 nitrogen and oxygen atoms in total. The first kappa shape index (κ1) is 53.6. The van der Waals surface area contributed by atoms with Gasteiger partial charge in [0.2, 0.25) is 14.1 Å². The molecule has 2 bridgehead atoms. The van der Waals surface area contributed by atoms with Gasteiger partial charge in [-0.15, -0.1) is 0 Å². The molecule has 0 radical (unpaired) electrons. The first-order valence-electron chi connectivity index (χ1n) is 24.0. The summed E-state index contributed by atoms with van der Waals surface area (Å²) < 4.78 is 55.9. The van der Waals surface area contributed by atoms with E-state index >= 15 is 9.59 Å². The van der Waals surface area contributed by atoms with Gasteiger partial charge in [-0.2, -0.15) is 0 Å². The molecule has 2 saturated carbocycles. The maximum Gasteiger partial charge on any atom is 0.408 e. The van der Waals surface area contributed by atoms with Gasteiger partial charge in [-0.05, 0) is 92.1 Å². The van der Waals surface area contributed by atoms with Crippen LogP contribution in [0.2, 0.25) is 16.6 Å². The molecule has 6 rings (SSSR count). The molecule has 11 atom stereocenters. The van der Waals surface area contributed by atoms with Crippen molar-refractivity contribution >= 4 is 44.1 Å². The predicted molar refractivity (Wildman–Crippen MR) is 251 cm³/mol. The van der Waals surface area contributed by atoms with E-state index in [0.717, 1.165) is 0 Å². The van der Waals surface area contributed by atoms with Crippen LogP contribution in [0.4, 0.5) is 4.79 Å². The summed E-state index contributed by atoms with van der Waals surface area (Å²) in [6.07, 6.45) is -5.61. The normalized spacial score (nSPS) is 30.8. The van der Waals surface area contributed by atoms with E-state index in [4.69, 9.17) is 41.7 Å². The third-order valence-corrected chi connectivity index (χ3v) is 21.8. The number of ether oxygens (including phenoxy) is 6. The van der Waals surface area contributed by atoms with Crippen LogP contribution in [0.5, 0.6) is 0 Å². The van der Waals surface area contributed by atoms with Gasteiger partial charge >= 0.3 is 30.0 Å². The number of carbonyl (C=O) groups is 6. The molecule has 0 aromatic carbocycles. The number of amides is 1. The summed E-state index contributed by atoms with van der Waals surface area (Å²) >= 11 is 0. The number of aliphatic hydroxyl groups is 1. The van der Waals surface area contributed by atoms with Crippen LogP contribution in [0.3, 0.4) is 0 Å². The summed E-state index contributed by atoms with van der Waals surface area (Å²) in [5, 5.41) is 16.9. The number of hydrogen-bond acceptors (Lipinski definition) is 16. The Morgan fingerprint density at radius 1 is 0.884 bits per heavy atom. The van der Waals surface area contributed by atoms with Crippen LogP contribution in [-0.4, -0.2) is 103 Å². The maximum atomic E-state index is 15.9. The molecule has 1 aliphatic heterocycles. The molecule has 4 aliphatic rings. The Kier molecular flexibility index (Phi) is 14.8. The molecule has 1 amide bonds. The van der Waals surface area contributed by atoms with Gasteiger partial charge in [0.05, 0.1) is 25.1 Å². The zero-order valence-electron chi connectivity index (χ0n) is 43.0. The lowest BCUT2D eigenvalue weighted by Gasteiger charge is -2.68. The minimum atomic E-state index is -3.06. The fraction of sp³-hybridized carbons (Fsp3) is 0.686. The molecule has 1 saturated heterocycles. The van der Waals surface area contributed by atoms with Gasteiger partial charge in [0.15, 0.2) is 23.6 Å². The molecular weight excluding hydrogens is 911 g/mol. The minimum Gasteiger partial charge on any atom is -0.467 e. The molecule has 0 unspecified atom stereocenters. The standard InChI is InChI=1S/C51H73NO16Si/c1-26(2)69(27(3)4,28(5)6)68-40(38(33-19-17-21-60-33)52-46(58)67-47(11,12)13)45(57)64-35-24-51(59)43(65-44(56)34-20-18-22-61-34)41-49(16,29(7)23-36-50(41,25-62-36)66-32(10)54)42(55)39(63-31(9)53)37(30(35)8)48(51,14)15/h17-22,26-29,35-36,38-41,43,59H,23-25H2,1-16H3,(H,52,58)/t29-,35-,36+,38-,39+,40+,41-,43-,49+,50-,51+/m0/s1. The highest BCUT2D eigenvalue weighted by Crippen LogP contribution is 2.66. The van der Waals surface area contributed by atoms with Gasteiger partial charge in [-0.1, -0.05) is 69.2 Å². The quantitative estimate of drug-likeness (QED) is 0.0783. The lowest BCUT2D eigenvalue weighted by atomic mass is 9.43. The molecule has 0 spiro atoms. The Labute approximate surface area is 406 Å². The van der Waals surface area contributed by atoms with E-state index in [1.165, 1.54) is 38.5 Å². The Bertz CT molecular complexity index is 2270. The smallest absolute Gasteiger partial charge is 0.408 e. The van der Waals surface area contributed by atoms with Gasteiger partial charge < -0.3 is 52.1 Å². The van der Waals surface area contributed by atoms with Crippen LogP contribution in [0.25, 0.3) is 0 Å². The number of hydrogen-bond donors (Lipinski definition) is 2. The van der Waals surface area contributed by atoms with Crippen LogP contribution in [0.15, 0.2) is 56.8 Å². The van der Waals surface area contributed by atoms with Crippen molar-refractivity contribution in [2.75, 3.05) is 6.61 Å².